The molecule has 0 saturated carbocycles. The van der Waals surface area contributed by atoms with Crippen molar-refractivity contribution in [3.8, 4) is 17.2 Å². The zero-order valence-electron chi connectivity index (χ0n) is 14.8. The summed E-state index contributed by atoms with van der Waals surface area (Å²) in [5.41, 5.74) is 1.01. The predicted molar refractivity (Wildman–Crippen MR) is 97.3 cm³/mol. The maximum atomic E-state index is 12.0. The summed E-state index contributed by atoms with van der Waals surface area (Å²) in [6, 6.07) is 4.79. The molecule has 1 heterocycles. The third-order valence-corrected chi connectivity index (χ3v) is 4.13. The van der Waals surface area contributed by atoms with E-state index < -0.39 is 0 Å². The van der Waals surface area contributed by atoms with Gasteiger partial charge in [0.05, 0.1) is 5.56 Å². The van der Waals surface area contributed by atoms with E-state index in [9.17, 15) is 9.90 Å². The van der Waals surface area contributed by atoms with Gasteiger partial charge in [-0.1, -0.05) is 51.9 Å². The molecular formula is C19H27N3O3. The Morgan fingerprint density at radius 2 is 1.84 bits per heavy atom. The van der Waals surface area contributed by atoms with Gasteiger partial charge >= 0.3 is 0 Å². The topological polar surface area (TPSA) is 88.2 Å². The van der Waals surface area contributed by atoms with Crippen LogP contribution in [0.3, 0.4) is 0 Å². The number of nitrogens with zero attached hydrogens (tertiary/aromatic N) is 2. The molecule has 0 unspecified atom stereocenters. The molecule has 0 fully saturated rings. The van der Waals surface area contributed by atoms with E-state index in [1.807, 2.05) is 0 Å². The van der Waals surface area contributed by atoms with Gasteiger partial charge in [-0.15, -0.1) is 10.2 Å². The quantitative estimate of drug-likeness (QED) is 0.446. The lowest BCUT2D eigenvalue weighted by Crippen LogP contribution is -2.11. The van der Waals surface area contributed by atoms with Crippen LogP contribution in [0, 0.1) is 0 Å². The summed E-state index contributed by atoms with van der Waals surface area (Å²) in [6.45, 7) is 2.22. The highest BCUT2D eigenvalue weighted by Gasteiger charge is 2.11. The number of hydrogen-bond acceptors (Lipinski definition) is 5. The van der Waals surface area contributed by atoms with Gasteiger partial charge in [-0.2, -0.15) is 0 Å². The van der Waals surface area contributed by atoms with E-state index in [0.717, 1.165) is 12.8 Å². The number of amides is 1. The number of phenols is 1. The van der Waals surface area contributed by atoms with Crippen LogP contribution >= 0.6 is 0 Å². The maximum absolute atomic E-state index is 12.0. The molecule has 0 spiro atoms. The molecule has 0 bridgehead atoms. The second-order valence-electron chi connectivity index (χ2n) is 6.25. The first-order chi connectivity index (χ1) is 12.2. The Kier molecular flexibility index (Phi) is 7.95. The molecule has 0 atom stereocenters. The average Bonchev–Trinajstić information content (AvgIpc) is 3.13. The lowest BCUT2D eigenvalue weighted by molar-refractivity contribution is -0.116. The molecule has 1 aromatic carbocycles. The highest BCUT2D eigenvalue weighted by Crippen LogP contribution is 2.30. The Labute approximate surface area is 148 Å². The summed E-state index contributed by atoms with van der Waals surface area (Å²) in [5, 5.41) is 20.1. The maximum Gasteiger partial charge on any atom is 0.251 e. The molecule has 0 saturated heterocycles. The van der Waals surface area contributed by atoms with Crippen LogP contribution < -0.4 is 5.32 Å². The van der Waals surface area contributed by atoms with E-state index in [2.05, 4.69) is 22.4 Å². The summed E-state index contributed by atoms with van der Waals surface area (Å²) in [4.78, 5) is 12.0. The molecular weight excluding hydrogens is 318 g/mol. The van der Waals surface area contributed by atoms with Crippen molar-refractivity contribution < 1.29 is 14.3 Å². The first-order valence-corrected chi connectivity index (χ1v) is 9.10. The van der Waals surface area contributed by atoms with Crippen molar-refractivity contribution in [3.63, 3.8) is 0 Å². The van der Waals surface area contributed by atoms with E-state index >= 15 is 0 Å². The Hall–Kier alpha value is -2.37. The van der Waals surface area contributed by atoms with Crippen LogP contribution in [-0.2, 0) is 4.79 Å². The Morgan fingerprint density at radius 1 is 1.12 bits per heavy atom. The average molecular weight is 345 g/mol. The molecule has 0 aliphatic heterocycles. The van der Waals surface area contributed by atoms with Crippen LogP contribution in [0.15, 0.2) is 29.0 Å². The van der Waals surface area contributed by atoms with Crippen molar-refractivity contribution in [3.05, 3.63) is 24.6 Å². The molecule has 2 N–H and O–H groups in total. The summed E-state index contributed by atoms with van der Waals surface area (Å²) in [6.07, 6.45) is 11.3. The van der Waals surface area contributed by atoms with Crippen LogP contribution in [0.2, 0.25) is 0 Å². The van der Waals surface area contributed by atoms with E-state index in [1.54, 1.807) is 12.1 Å². The largest absolute Gasteiger partial charge is 0.507 e. The van der Waals surface area contributed by atoms with Gasteiger partial charge in [0.1, 0.15) is 5.75 Å². The van der Waals surface area contributed by atoms with Gasteiger partial charge in [0.2, 0.25) is 12.3 Å². The van der Waals surface area contributed by atoms with Crippen molar-refractivity contribution in [2.24, 2.45) is 0 Å². The fourth-order valence-electron chi connectivity index (χ4n) is 2.72. The Morgan fingerprint density at radius 3 is 2.52 bits per heavy atom. The van der Waals surface area contributed by atoms with Gasteiger partial charge in [-0.05, 0) is 24.6 Å². The fraction of sp³-hybridized carbons (Fsp3) is 0.526. The number of carbonyl (C=O) groups excluding carboxylic acids is 1. The van der Waals surface area contributed by atoms with E-state index in [0.29, 0.717) is 17.7 Å². The molecule has 1 amide bonds. The van der Waals surface area contributed by atoms with E-state index in [1.165, 1.54) is 51.0 Å². The lowest BCUT2D eigenvalue weighted by atomic mass is 10.1. The zero-order chi connectivity index (χ0) is 17.9. The minimum atomic E-state index is -0.0202. The van der Waals surface area contributed by atoms with Crippen molar-refractivity contribution in [2.75, 3.05) is 5.32 Å². The number of hydrogen-bond donors (Lipinski definition) is 2. The minimum absolute atomic E-state index is 0.0202. The highest BCUT2D eigenvalue weighted by atomic mass is 16.4. The second-order valence-corrected chi connectivity index (χ2v) is 6.25. The smallest absolute Gasteiger partial charge is 0.251 e. The second kappa shape index (κ2) is 10.5. The van der Waals surface area contributed by atoms with Crippen LogP contribution in [0.5, 0.6) is 5.75 Å². The summed E-state index contributed by atoms with van der Waals surface area (Å²) < 4.78 is 5.09. The van der Waals surface area contributed by atoms with Crippen LogP contribution in [0.25, 0.3) is 11.5 Å². The van der Waals surface area contributed by atoms with E-state index in [4.69, 9.17) is 4.42 Å². The first kappa shape index (κ1) is 19.0. The predicted octanol–water partition coefficient (Wildman–Crippen LogP) is 4.91. The number of phenolic OH excluding ortho intramolecular Hbond substituents is 1. The molecule has 1 aromatic heterocycles. The third-order valence-electron chi connectivity index (χ3n) is 4.13. The molecule has 25 heavy (non-hydrogen) atoms. The van der Waals surface area contributed by atoms with Gasteiger partial charge in [0.15, 0.2) is 0 Å². The normalized spacial score (nSPS) is 10.8. The number of unbranched alkanes of at least 4 members (excludes halogenated alkanes) is 7. The molecule has 0 radical (unpaired) electrons. The number of carbonyl (C=O) groups is 1. The van der Waals surface area contributed by atoms with Crippen molar-refractivity contribution in [2.45, 2.75) is 64.7 Å². The van der Waals surface area contributed by atoms with Crippen molar-refractivity contribution in [1.29, 1.82) is 0 Å². The number of aromatic nitrogens is 2. The molecule has 6 heteroatoms. The molecule has 6 nitrogen and oxygen atoms in total. The molecule has 136 valence electrons. The van der Waals surface area contributed by atoms with Gasteiger partial charge in [-0.3, -0.25) is 4.79 Å². The molecule has 0 aliphatic rings. The summed E-state index contributed by atoms with van der Waals surface area (Å²) in [7, 11) is 0. The highest BCUT2D eigenvalue weighted by molar-refractivity contribution is 5.91. The number of anilines is 1. The van der Waals surface area contributed by atoms with E-state index in [-0.39, 0.29) is 17.5 Å². The lowest BCUT2D eigenvalue weighted by Gasteiger charge is -2.07. The van der Waals surface area contributed by atoms with Gasteiger partial charge in [0, 0.05) is 12.1 Å². The summed E-state index contributed by atoms with van der Waals surface area (Å²) >= 11 is 0. The SMILES string of the molecule is CCCCCCCCCCC(=O)Nc1ccc(O)c(-c2nnco2)c1. The third kappa shape index (κ3) is 6.57. The van der Waals surface area contributed by atoms with Gasteiger partial charge in [-0.25, -0.2) is 0 Å². The fourth-order valence-corrected chi connectivity index (χ4v) is 2.72. The minimum Gasteiger partial charge on any atom is -0.507 e. The van der Waals surface area contributed by atoms with Crippen molar-refractivity contribution >= 4 is 11.6 Å². The number of nitrogens with one attached hydrogen (secondary N) is 1. The van der Waals surface area contributed by atoms with Crippen LogP contribution in [0.1, 0.15) is 64.7 Å². The van der Waals surface area contributed by atoms with Crippen LogP contribution in [0.4, 0.5) is 5.69 Å². The molecule has 2 rings (SSSR count). The van der Waals surface area contributed by atoms with Crippen LogP contribution in [-0.4, -0.2) is 21.2 Å². The van der Waals surface area contributed by atoms with Gasteiger partial charge in [0.25, 0.3) is 5.89 Å². The standard InChI is InChI=1S/C19H27N3O3/c1-2-3-4-5-6-7-8-9-10-18(24)21-15-11-12-17(23)16(13-15)19-22-20-14-25-19/h11-14,23H,2-10H2,1H3,(H,21,24). The first-order valence-electron chi connectivity index (χ1n) is 9.10. The number of benzene rings is 1. The summed E-state index contributed by atoms with van der Waals surface area (Å²) in [5.74, 6) is 0.232. The van der Waals surface area contributed by atoms with Crippen molar-refractivity contribution in [1.82, 2.24) is 10.2 Å². The number of rotatable bonds is 11. The Bertz CT molecular complexity index is 641. The molecule has 2 aromatic rings. The monoisotopic (exact) mass is 345 g/mol. The van der Waals surface area contributed by atoms with Gasteiger partial charge < -0.3 is 14.8 Å². The molecule has 0 aliphatic carbocycles. The zero-order valence-corrected chi connectivity index (χ0v) is 14.8. The number of aromatic hydroxyl groups is 1. The Balaban J connectivity index is 1.71.